The van der Waals surface area contributed by atoms with Gasteiger partial charge in [0.05, 0.1) is 13.2 Å². The third-order valence-corrected chi connectivity index (χ3v) is 5.21. The Morgan fingerprint density at radius 2 is 1.42 bits per heavy atom. The number of carboxylic acids is 1. The number of hydrogen-bond donors (Lipinski definition) is 5. The van der Waals surface area contributed by atoms with Crippen molar-refractivity contribution in [3.8, 4) is 0 Å². The molecule has 5 N–H and O–H groups in total. The van der Waals surface area contributed by atoms with E-state index >= 15 is 0 Å². The lowest BCUT2D eigenvalue weighted by Crippen LogP contribution is -2.48. The fourth-order valence-electron chi connectivity index (χ4n) is 3.45. The number of aliphatic carboxylic acids is 1. The van der Waals surface area contributed by atoms with Crippen LogP contribution in [0.5, 0.6) is 0 Å². The minimum Gasteiger partial charge on any atom is -0.480 e. The molecule has 0 unspecified atom stereocenters. The third-order valence-electron chi connectivity index (χ3n) is 5.21. The molecule has 158 valence electrons. The highest BCUT2D eigenvalue weighted by atomic mass is 16.5. The molecule has 0 fully saturated rings. The van der Waals surface area contributed by atoms with Crippen molar-refractivity contribution in [2.24, 2.45) is 0 Å². The lowest BCUT2D eigenvalue weighted by atomic mass is 9.78. The number of carboxylic acid groups (broad SMARTS) is 1. The second kappa shape index (κ2) is 8.52. The van der Waals surface area contributed by atoms with Gasteiger partial charge in [-0.2, -0.15) is 0 Å². The van der Waals surface area contributed by atoms with Crippen LogP contribution in [-0.4, -0.2) is 59.8 Å². The number of amides is 2. The Bertz CT molecular complexity index is 1060. The molecule has 2 aromatic carbocycles. The molecule has 2 aliphatic rings. The quantitative estimate of drug-likeness (QED) is 0.326. The molecule has 2 heterocycles. The van der Waals surface area contributed by atoms with Crippen LogP contribution in [0.1, 0.15) is 31.8 Å². The van der Waals surface area contributed by atoms with E-state index in [0.717, 1.165) is 11.1 Å². The zero-order chi connectivity index (χ0) is 22.1. The van der Waals surface area contributed by atoms with E-state index in [1.807, 2.05) is 0 Å². The molecule has 0 saturated carbocycles. The highest BCUT2D eigenvalue weighted by Gasteiger charge is 2.30. The number of hydrogen-bond acceptors (Lipinski definition) is 7. The van der Waals surface area contributed by atoms with E-state index in [9.17, 15) is 29.5 Å². The fraction of sp³-hybridized carbons (Fsp3) is 0.211. The molecular formula is C19H18B2N2O8. The summed E-state index contributed by atoms with van der Waals surface area (Å²) in [6, 6.07) is 7.88. The van der Waals surface area contributed by atoms with E-state index in [1.54, 1.807) is 18.2 Å². The lowest BCUT2D eigenvalue weighted by molar-refractivity contribution is -0.139. The van der Waals surface area contributed by atoms with Crippen LogP contribution in [0.4, 0.5) is 0 Å². The van der Waals surface area contributed by atoms with E-state index < -0.39 is 38.1 Å². The van der Waals surface area contributed by atoms with Crippen LogP contribution in [0.2, 0.25) is 0 Å². The largest absolute Gasteiger partial charge is 0.491 e. The highest BCUT2D eigenvalue weighted by molar-refractivity contribution is 6.62. The molecule has 0 aromatic heterocycles. The van der Waals surface area contributed by atoms with Crippen molar-refractivity contribution in [3.63, 3.8) is 0 Å². The molecule has 2 aliphatic heterocycles. The zero-order valence-electron chi connectivity index (χ0n) is 16.2. The van der Waals surface area contributed by atoms with Crippen LogP contribution in [0.25, 0.3) is 0 Å². The monoisotopic (exact) mass is 424 g/mol. The predicted molar refractivity (Wildman–Crippen MR) is 109 cm³/mol. The summed E-state index contributed by atoms with van der Waals surface area (Å²) in [4.78, 5) is 36.5. The Morgan fingerprint density at radius 3 is 1.94 bits per heavy atom. The summed E-state index contributed by atoms with van der Waals surface area (Å²) >= 11 is 0. The lowest BCUT2D eigenvalue weighted by Gasteiger charge is -2.16. The van der Waals surface area contributed by atoms with Gasteiger partial charge in [-0.1, -0.05) is 12.1 Å². The molecule has 0 aliphatic carbocycles. The van der Waals surface area contributed by atoms with Gasteiger partial charge in [0, 0.05) is 17.7 Å². The van der Waals surface area contributed by atoms with Gasteiger partial charge in [-0.05, 0) is 46.3 Å². The number of benzene rings is 2. The van der Waals surface area contributed by atoms with E-state index in [4.69, 9.17) is 9.31 Å². The molecule has 0 saturated heterocycles. The average molecular weight is 424 g/mol. The van der Waals surface area contributed by atoms with E-state index in [-0.39, 0.29) is 30.9 Å². The van der Waals surface area contributed by atoms with Gasteiger partial charge in [0.25, 0.3) is 11.8 Å². The van der Waals surface area contributed by atoms with Gasteiger partial charge in [0.1, 0.15) is 6.04 Å². The van der Waals surface area contributed by atoms with Crippen molar-refractivity contribution in [1.82, 2.24) is 10.6 Å². The maximum Gasteiger partial charge on any atom is 0.491 e. The topological polar surface area (TPSA) is 154 Å². The summed E-state index contributed by atoms with van der Waals surface area (Å²) in [7, 11) is -2.24. The Hall–Kier alpha value is -3.18. The van der Waals surface area contributed by atoms with Crippen molar-refractivity contribution in [1.29, 1.82) is 0 Å². The van der Waals surface area contributed by atoms with E-state index in [0.29, 0.717) is 10.9 Å². The molecule has 1 atom stereocenters. The SMILES string of the molecule is O=C(NC[C@H](NC(=O)c1ccc2c(c1)B(O)OC2)C(=O)O)c1ccc2c(c1)B(O)OC2. The molecule has 0 spiro atoms. The first-order valence-electron chi connectivity index (χ1n) is 9.50. The third kappa shape index (κ3) is 4.32. The summed E-state index contributed by atoms with van der Waals surface area (Å²) in [5, 5.41) is 33.8. The molecule has 12 heteroatoms. The number of rotatable bonds is 6. The van der Waals surface area contributed by atoms with Crippen LogP contribution in [-0.2, 0) is 27.3 Å². The minimum atomic E-state index is -1.38. The molecular weight excluding hydrogens is 406 g/mol. The first-order chi connectivity index (χ1) is 14.8. The average Bonchev–Trinajstić information content (AvgIpc) is 3.32. The minimum absolute atomic E-state index is 0.161. The van der Waals surface area contributed by atoms with E-state index in [1.165, 1.54) is 18.2 Å². The predicted octanol–water partition coefficient (Wildman–Crippen LogP) is -2.26. The maximum absolute atomic E-state index is 12.5. The van der Waals surface area contributed by atoms with Gasteiger partial charge in [-0.25, -0.2) is 4.79 Å². The molecule has 0 radical (unpaired) electrons. The fourth-order valence-corrected chi connectivity index (χ4v) is 3.45. The van der Waals surface area contributed by atoms with Crippen LogP contribution in [0.3, 0.4) is 0 Å². The Morgan fingerprint density at radius 1 is 0.903 bits per heavy atom. The maximum atomic E-state index is 12.5. The summed E-state index contributed by atoms with van der Waals surface area (Å²) in [6.45, 7) is 0.123. The Balaban J connectivity index is 1.40. The van der Waals surface area contributed by atoms with Gasteiger partial charge in [0.15, 0.2) is 0 Å². The Kier molecular flexibility index (Phi) is 5.79. The van der Waals surface area contributed by atoms with Gasteiger partial charge < -0.3 is 35.1 Å². The normalized spacial score (nSPS) is 15.3. The van der Waals surface area contributed by atoms with Gasteiger partial charge in [-0.3, -0.25) is 9.59 Å². The summed E-state index contributed by atoms with van der Waals surface area (Å²) < 4.78 is 10.2. The summed E-state index contributed by atoms with van der Waals surface area (Å²) in [6.07, 6.45) is 0. The number of carbonyl (C=O) groups is 3. The zero-order valence-corrected chi connectivity index (χ0v) is 16.2. The molecule has 4 rings (SSSR count). The van der Waals surface area contributed by atoms with Crippen LogP contribution < -0.4 is 21.6 Å². The second-order valence-electron chi connectivity index (χ2n) is 7.23. The first-order valence-corrected chi connectivity index (χ1v) is 9.50. The summed E-state index contributed by atoms with van der Waals surface area (Å²) in [5.41, 5.74) is 2.84. The number of fused-ring (bicyclic) bond motifs is 2. The highest BCUT2D eigenvalue weighted by Crippen LogP contribution is 2.12. The molecule has 10 nitrogen and oxygen atoms in total. The molecule has 2 amide bonds. The van der Waals surface area contributed by atoms with Gasteiger partial charge in [-0.15, -0.1) is 0 Å². The first kappa shape index (κ1) is 21.1. The number of carbonyl (C=O) groups excluding carboxylic acids is 2. The Labute approximate surface area is 177 Å². The van der Waals surface area contributed by atoms with Crippen molar-refractivity contribution in [2.75, 3.05) is 6.54 Å². The van der Waals surface area contributed by atoms with Crippen LogP contribution in [0, 0.1) is 0 Å². The van der Waals surface area contributed by atoms with Crippen LogP contribution in [0.15, 0.2) is 36.4 Å². The van der Waals surface area contributed by atoms with Crippen molar-refractivity contribution < 1.29 is 38.8 Å². The second-order valence-corrected chi connectivity index (χ2v) is 7.23. The molecule has 0 bridgehead atoms. The van der Waals surface area contributed by atoms with Crippen molar-refractivity contribution in [2.45, 2.75) is 19.3 Å². The summed E-state index contributed by atoms with van der Waals surface area (Å²) in [5.74, 6) is -2.54. The van der Waals surface area contributed by atoms with E-state index in [2.05, 4.69) is 10.6 Å². The number of nitrogens with one attached hydrogen (secondary N) is 2. The van der Waals surface area contributed by atoms with Crippen LogP contribution >= 0.6 is 0 Å². The van der Waals surface area contributed by atoms with Crippen molar-refractivity contribution in [3.05, 3.63) is 58.7 Å². The molecule has 2 aromatic rings. The van der Waals surface area contributed by atoms with Gasteiger partial charge in [0.2, 0.25) is 0 Å². The smallest absolute Gasteiger partial charge is 0.480 e. The standard InChI is InChI=1S/C19H18B2N2O8/c24-17(10-1-3-12-8-30-20(28)14(12)5-10)22-7-16(19(26)27)23-18(25)11-2-4-13-9-31-21(29)15(13)6-11/h1-6,16,28-29H,7-9H2,(H,22,24)(H,23,25)(H,26,27)/t16-/m0/s1. The van der Waals surface area contributed by atoms with Crippen molar-refractivity contribution >= 4 is 42.9 Å². The van der Waals surface area contributed by atoms with Gasteiger partial charge >= 0.3 is 20.2 Å². The molecule has 31 heavy (non-hydrogen) atoms.